The summed E-state index contributed by atoms with van der Waals surface area (Å²) in [5.41, 5.74) is 1.57. The first-order valence-electron chi connectivity index (χ1n) is 8.64. The highest BCUT2D eigenvalue weighted by Gasteiger charge is 2.18. The first kappa shape index (κ1) is 19.5. The van der Waals surface area contributed by atoms with E-state index in [0.29, 0.717) is 0 Å². The van der Waals surface area contributed by atoms with E-state index in [1.165, 1.54) is 5.56 Å². The molecule has 0 spiro atoms. The number of rotatable bonds is 9. The summed E-state index contributed by atoms with van der Waals surface area (Å²) in [6.45, 7) is 10.3. The topological polar surface area (TPSA) is 39.7 Å². The number of guanidine groups is 1. The molecule has 0 saturated carbocycles. The fourth-order valence-electron chi connectivity index (χ4n) is 2.68. The first-order valence-corrected chi connectivity index (χ1v) is 8.64. The van der Waals surface area contributed by atoms with Gasteiger partial charge in [0.15, 0.2) is 5.96 Å². The van der Waals surface area contributed by atoms with Gasteiger partial charge >= 0.3 is 0 Å². The van der Waals surface area contributed by atoms with Crippen molar-refractivity contribution in [3.05, 3.63) is 35.9 Å². The average Bonchev–Trinajstić information content (AvgIpc) is 2.49. The first-order chi connectivity index (χ1) is 10.9. The van der Waals surface area contributed by atoms with Crippen LogP contribution in [0.2, 0.25) is 0 Å². The number of aliphatic imine (C=N–C) groups is 1. The SMILES string of the molecule is CCNC(=NCC(C)(C)CN(C)C)NCCCc1ccccc1. The molecule has 0 saturated heterocycles. The Morgan fingerprint density at radius 1 is 1.13 bits per heavy atom. The number of benzene rings is 1. The minimum Gasteiger partial charge on any atom is -0.357 e. The molecule has 0 aromatic heterocycles. The molecule has 0 unspecified atom stereocenters. The Balaban J connectivity index is 2.40. The minimum atomic E-state index is 0.176. The maximum absolute atomic E-state index is 4.75. The normalized spacial score (nSPS) is 12.5. The van der Waals surface area contributed by atoms with Crippen LogP contribution in [-0.2, 0) is 6.42 Å². The van der Waals surface area contributed by atoms with Gasteiger partial charge in [0.1, 0.15) is 0 Å². The molecule has 4 heteroatoms. The van der Waals surface area contributed by atoms with E-state index in [1.807, 2.05) is 0 Å². The second-order valence-electron chi connectivity index (χ2n) is 7.11. The third kappa shape index (κ3) is 9.24. The van der Waals surface area contributed by atoms with Gasteiger partial charge in [0.2, 0.25) is 0 Å². The smallest absolute Gasteiger partial charge is 0.191 e. The van der Waals surface area contributed by atoms with E-state index in [1.54, 1.807) is 0 Å². The molecule has 2 N–H and O–H groups in total. The second-order valence-corrected chi connectivity index (χ2v) is 7.11. The molecule has 0 bridgehead atoms. The van der Waals surface area contributed by atoms with Gasteiger partial charge in [-0.2, -0.15) is 0 Å². The third-order valence-corrected chi connectivity index (χ3v) is 3.53. The van der Waals surface area contributed by atoms with Gasteiger partial charge in [0.25, 0.3) is 0 Å². The molecule has 0 aliphatic carbocycles. The zero-order valence-corrected chi connectivity index (χ0v) is 15.5. The summed E-state index contributed by atoms with van der Waals surface area (Å²) in [7, 11) is 4.22. The van der Waals surface area contributed by atoms with E-state index in [9.17, 15) is 0 Å². The van der Waals surface area contributed by atoms with Crippen LogP contribution >= 0.6 is 0 Å². The van der Waals surface area contributed by atoms with E-state index in [4.69, 9.17) is 4.99 Å². The molecule has 1 aromatic carbocycles. The molecule has 0 heterocycles. The molecule has 0 aliphatic heterocycles. The molecule has 0 aliphatic rings. The summed E-state index contributed by atoms with van der Waals surface area (Å²) < 4.78 is 0. The van der Waals surface area contributed by atoms with Crippen LogP contribution in [0.5, 0.6) is 0 Å². The highest BCUT2D eigenvalue weighted by Crippen LogP contribution is 2.15. The zero-order valence-electron chi connectivity index (χ0n) is 15.5. The lowest BCUT2D eigenvalue weighted by Gasteiger charge is -2.26. The summed E-state index contributed by atoms with van der Waals surface area (Å²) in [5, 5.41) is 6.77. The molecule has 1 aromatic rings. The Labute approximate surface area is 142 Å². The lowest BCUT2D eigenvalue weighted by molar-refractivity contribution is 0.248. The van der Waals surface area contributed by atoms with Crippen LogP contribution in [0, 0.1) is 5.41 Å². The van der Waals surface area contributed by atoms with E-state index in [0.717, 1.165) is 45.0 Å². The van der Waals surface area contributed by atoms with Crippen molar-refractivity contribution in [2.24, 2.45) is 10.4 Å². The quantitative estimate of drug-likeness (QED) is 0.418. The Kier molecular flexibility index (Phi) is 8.70. The van der Waals surface area contributed by atoms with Gasteiger partial charge in [0.05, 0.1) is 0 Å². The van der Waals surface area contributed by atoms with E-state index < -0.39 is 0 Å². The Hall–Kier alpha value is -1.55. The fourth-order valence-corrected chi connectivity index (χ4v) is 2.68. The molecule has 0 radical (unpaired) electrons. The summed E-state index contributed by atoms with van der Waals surface area (Å²) in [6, 6.07) is 10.6. The monoisotopic (exact) mass is 318 g/mol. The van der Waals surface area contributed by atoms with E-state index >= 15 is 0 Å². The molecule has 0 fully saturated rings. The van der Waals surface area contributed by atoms with Gasteiger partial charge in [-0.25, -0.2) is 0 Å². The van der Waals surface area contributed by atoms with Crippen molar-refractivity contribution in [2.45, 2.75) is 33.6 Å². The summed E-state index contributed by atoms with van der Waals surface area (Å²) in [5.74, 6) is 0.924. The average molecular weight is 319 g/mol. The van der Waals surface area contributed by atoms with Crippen molar-refractivity contribution < 1.29 is 0 Å². The van der Waals surface area contributed by atoms with Crippen molar-refractivity contribution in [2.75, 3.05) is 40.3 Å². The van der Waals surface area contributed by atoms with Crippen LogP contribution < -0.4 is 10.6 Å². The molecule has 130 valence electrons. The van der Waals surface area contributed by atoms with Gasteiger partial charge in [0, 0.05) is 26.2 Å². The fraction of sp³-hybridized carbons (Fsp3) is 0.632. The number of hydrogen-bond donors (Lipinski definition) is 2. The number of aryl methyl sites for hydroxylation is 1. The van der Waals surface area contributed by atoms with Crippen LogP contribution in [-0.4, -0.2) is 51.1 Å². The van der Waals surface area contributed by atoms with Gasteiger partial charge < -0.3 is 15.5 Å². The maximum atomic E-state index is 4.75. The van der Waals surface area contributed by atoms with Crippen LogP contribution in [0.3, 0.4) is 0 Å². The minimum absolute atomic E-state index is 0.176. The standard InChI is InChI=1S/C19H34N4/c1-6-20-18(22-15-19(2,3)16-23(4)5)21-14-10-13-17-11-8-7-9-12-17/h7-9,11-12H,6,10,13-16H2,1-5H3,(H2,20,21,22). The van der Waals surface area contributed by atoms with Gasteiger partial charge in [-0.15, -0.1) is 0 Å². The summed E-state index contributed by atoms with van der Waals surface area (Å²) in [6.07, 6.45) is 2.20. The molecule has 0 atom stereocenters. The summed E-state index contributed by atoms with van der Waals surface area (Å²) in [4.78, 5) is 6.97. The van der Waals surface area contributed by atoms with Crippen LogP contribution in [0.4, 0.5) is 0 Å². The second kappa shape index (κ2) is 10.3. The van der Waals surface area contributed by atoms with Crippen molar-refractivity contribution in [1.82, 2.24) is 15.5 Å². The Morgan fingerprint density at radius 3 is 2.43 bits per heavy atom. The molecule has 1 rings (SSSR count). The zero-order chi connectivity index (χ0) is 17.1. The van der Waals surface area contributed by atoms with Gasteiger partial charge in [-0.3, -0.25) is 4.99 Å². The van der Waals surface area contributed by atoms with E-state index in [2.05, 4.69) is 80.7 Å². The largest absolute Gasteiger partial charge is 0.357 e. The Bertz CT molecular complexity index is 452. The number of nitrogens with one attached hydrogen (secondary N) is 2. The predicted octanol–water partition coefficient (Wildman–Crippen LogP) is 2.76. The van der Waals surface area contributed by atoms with Gasteiger partial charge in [-0.1, -0.05) is 44.2 Å². The highest BCUT2D eigenvalue weighted by molar-refractivity contribution is 5.79. The van der Waals surface area contributed by atoms with Crippen molar-refractivity contribution in [1.29, 1.82) is 0 Å². The Morgan fingerprint density at radius 2 is 1.83 bits per heavy atom. The molecule has 0 amide bonds. The van der Waals surface area contributed by atoms with Crippen molar-refractivity contribution in [3.8, 4) is 0 Å². The molecular formula is C19H34N4. The van der Waals surface area contributed by atoms with Crippen LogP contribution in [0.15, 0.2) is 35.3 Å². The highest BCUT2D eigenvalue weighted by atomic mass is 15.2. The number of nitrogens with zero attached hydrogens (tertiary/aromatic N) is 2. The van der Waals surface area contributed by atoms with E-state index in [-0.39, 0.29) is 5.41 Å². The van der Waals surface area contributed by atoms with Gasteiger partial charge in [-0.05, 0) is 44.8 Å². The molecular weight excluding hydrogens is 284 g/mol. The molecule has 23 heavy (non-hydrogen) atoms. The number of hydrogen-bond acceptors (Lipinski definition) is 2. The predicted molar refractivity (Wildman–Crippen MR) is 101 cm³/mol. The lowest BCUT2D eigenvalue weighted by Crippen LogP contribution is -2.39. The van der Waals surface area contributed by atoms with Crippen LogP contribution in [0.25, 0.3) is 0 Å². The maximum Gasteiger partial charge on any atom is 0.191 e. The molecule has 4 nitrogen and oxygen atoms in total. The third-order valence-electron chi connectivity index (χ3n) is 3.53. The van der Waals surface area contributed by atoms with Crippen molar-refractivity contribution >= 4 is 5.96 Å². The lowest BCUT2D eigenvalue weighted by atomic mass is 9.93. The summed E-state index contributed by atoms with van der Waals surface area (Å²) >= 11 is 0. The van der Waals surface area contributed by atoms with Crippen LogP contribution in [0.1, 0.15) is 32.8 Å². The van der Waals surface area contributed by atoms with Crippen molar-refractivity contribution in [3.63, 3.8) is 0 Å².